The van der Waals surface area contributed by atoms with Gasteiger partial charge in [-0.25, -0.2) is 0 Å². The van der Waals surface area contributed by atoms with Crippen molar-refractivity contribution < 1.29 is 0 Å². The lowest BCUT2D eigenvalue weighted by Gasteiger charge is -1.91. The molecule has 0 aromatic heterocycles. The van der Waals surface area contributed by atoms with E-state index in [1.807, 2.05) is 19.1 Å². The van der Waals surface area contributed by atoms with Crippen LogP contribution in [0.25, 0.3) is 0 Å². The summed E-state index contributed by atoms with van der Waals surface area (Å²) in [7, 11) is 0. The minimum Gasteiger partial charge on any atom is -0.310 e. The van der Waals surface area contributed by atoms with Gasteiger partial charge in [0.25, 0.3) is 0 Å². The highest BCUT2D eigenvalue weighted by atomic mass is 35.5. The van der Waals surface area contributed by atoms with Gasteiger partial charge in [-0.3, -0.25) is 0 Å². The molecule has 0 unspecified atom stereocenters. The van der Waals surface area contributed by atoms with Gasteiger partial charge in [0, 0.05) is 13.1 Å². The van der Waals surface area contributed by atoms with Gasteiger partial charge in [-0.05, 0) is 6.92 Å². The quantitative estimate of drug-likeness (QED) is 0.472. The summed E-state index contributed by atoms with van der Waals surface area (Å²) in [5.41, 5.74) is 0. The van der Waals surface area contributed by atoms with E-state index >= 15 is 0 Å². The largest absolute Gasteiger partial charge is 0.310 e. The van der Waals surface area contributed by atoms with Crippen molar-refractivity contribution in [3.63, 3.8) is 0 Å². The average Bonchev–Trinajstić information content (AvgIpc) is 1.81. The van der Waals surface area contributed by atoms with Crippen molar-refractivity contribution in [2.75, 3.05) is 13.1 Å². The Morgan fingerprint density at radius 2 is 2.11 bits per heavy atom. The molecular formula is C7H14ClN. The topological polar surface area (TPSA) is 12.0 Å². The van der Waals surface area contributed by atoms with Gasteiger partial charge in [0.05, 0.1) is 0 Å². The number of nitrogens with one attached hydrogen (secondary N) is 1. The molecule has 0 rings (SSSR count). The Bertz CT molecular complexity index is 79.0. The van der Waals surface area contributed by atoms with Crippen LogP contribution in [0.5, 0.6) is 0 Å². The Kier molecular flexibility index (Phi) is 13.6. The van der Waals surface area contributed by atoms with Crippen LogP contribution in [-0.4, -0.2) is 13.1 Å². The van der Waals surface area contributed by atoms with Crippen molar-refractivity contribution in [1.29, 1.82) is 0 Å². The molecule has 0 heterocycles. The molecule has 0 aromatic carbocycles. The highest BCUT2D eigenvalue weighted by Gasteiger charge is 1.71. The van der Waals surface area contributed by atoms with Gasteiger partial charge in [-0.2, -0.15) is 0 Å². The van der Waals surface area contributed by atoms with Crippen LogP contribution in [0.2, 0.25) is 0 Å². The van der Waals surface area contributed by atoms with Gasteiger partial charge in [0.1, 0.15) is 0 Å². The number of allylic oxidation sites excluding steroid dienone is 1. The summed E-state index contributed by atoms with van der Waals surface area (Å²) in [4.78, 5) is 0. The molecule has 1 nitrogen and oxygen atoms in total. The first-order valence-electron chi connectivity index (χ1n) is 2.84. The van der Waals surface area contributed by atoms with Crippen molar-refractivity contribution in [3.05, 3.63) is 24.8 Å². The predicted octanol–water partition coefficient (Wildman–Crippen LogP) is 1.76. The third-order valence-electron chi connectivity index (χ3n) is 0.787. The van der Waals surface area contributed by atoms with Gasteiger partial charge >= 0.3 is 0 Å². The summed E-state index contributed by atoms with van der Waals surface area (Å²) < 4.78 is 0. The van der Waals surface area contributed by atoms with E-state index in [2.05, 4.69) is 18.0 Å². The van der Waals surface area contributed by atoms with E-state index in [1.165, 1.54) is 0 Å². The third-order valence-corrected chi connectivity index (χ3v) is 0.787. The predicted molar refractivity (Wildman–Crippen MR) is 45.1 cm³/mol. The molecule has 9 heavy (non-hydrogen) atoms. The lowest BCUT2D eigenvalue weighted by atomic mass is 10.5. The summed E-state index contributed by atoms with van der Waals surface area (Å²) >= 11 is 0. The number of hydrogen-bond acceptors (Lipinski definition) is 1. The normalized spacial score (nSPS) is 9.00. The Morgan fingerprint density at radius 1 is 1.44 bits per heavy atom. The van der Waals surface area contributed by atoms with Crippen molar-refractivity contribution in [3.8, 4) is 0 Å². The summed E-state index contributed by atoms with van der Waals surface area (Å²) in [5.74, 6) is 0. The zero-order chi connectivity index (χ0) is 6.24. The fourth-order valence-electron chi connectivity index (χ4n) is 0.387. The molecule has 54 valence electrons. The zero-order valence-corrected chi connectivity index (χ0v) is 6.58. The van der Waals surface area contributed by atoms with Crippen LogP contribution >= 0.6 is 12.4 Å². The Morgan fingerprint density at radius 3 is 2.56 bits per heavy atom. The molecular weight excluding hydrogens is 134 g/mol. The van der Waals surface area contributed by atoms with E-state index in [4.69, 9.17) is 0 Å². The fraction of sp³-hybridized carbons (Fsp3) is 0.429. The first-order chi connectivity index (χ1) is 3.91. The van der Waals surface area contributed by atoms with Crippen molar-refractivity contribution in [2.45, 2.75) is 6.92 Å². The van der Waals surface area contributed by atoms with Crippen LogP contribution in [0.3, 0.4) is 0 Å². The summed E-state index contributed by atoms with van der Waals surface area (Å²) in [6.45, 7) is 7.42. The summed E-state index contributed by atoms with van der Waals surface area (Å²) in [6, 6.07) is 0. The highest BCUT2D eigenvalue weighted by molar-refractivity contribution is 5.85. The van der Waals surface area contributed by atoms with E-state index in [0.29, 0.717) is 0 Å². The van der Waals surface area contributed by atoms with Gasteiger partial charge in [-0.1, -0.05) is 18.2 Å². The number of halogens is 1. The maximum atomic E-state index is 3.57. The molecule has 2 heteroatoms. The Hall–Kier alpha value is -0.270. The minimum absolute atomic E-state index is 0. The second kappa shape index (κ2) is 10.7. The van der Waals surface area contributed by atoms with Crippen LogP contribution in [0.15, 0.2) is 24.8 Å². The summed E-state index contributed by atoms with van der Waals surface area (Å²) in [6.07, 6.45) is 5.95. The van der Waals surface area contributed by atoms with Crippen molar-refractivity contribution in [2.24, 2.45) is 0 Å². The van der Waals surface area contributed by atoms with Crippen LogP contribution < -0.4 is 5.32 Å². The Balaban J connectivity index is 0. The molecule has 1 N–H and O–H groups in total. The van der Waals surface area contributed by atoms with Gasteiger partial charge < -0.3 is 5.32 Å². The molecule has 0 bridgehead atoms. The van der Waals surface area contributed by atoms with Crippen molar-refractivity contribution >= 4 is 12.4 Å². The maximum absolute atomic E-state index is 3.57. The van der Waals surface area contributed by atoms with Gasteiger partial charge in [0.15, 0.2) is 0 Å². The monoisotopic (exact) mass is 147 g/mol. The van der Waals surface area contributed by atoms with E-state index in [1.54, 1.807) is 0 Å². The first kappa shape index (κ1) is 11.5. The zero-order valence-electron chi connectivity index (χ0n) is 5.76. The van der Waals surface area contributed by atoms with Crippen LogP contribution in [0.1, 0.15) is 6.92 Å². The smallest absolute Gasteiger partial charge is 0.0137 e. The van der Waals surface area contributed by atoms with E-state index in [-0.39, 0.29) is 12.4 Å². The van der Waals surface area contributed by atoms with Gasteiger partial charge in [-0.15, -0.1) is 19.0 Å². The van der Waals surface area contributed by atoms with E-state index in [0.717, 1.165) is 13.1 Å². The SMILES string of the molecule is C=CCNCC=CC.Cl. The maximum Gasteiger partial charge on any atom is 0.0137 e. The number of hydrogen-bond donors (Lipinski definition) is 1. The van der Waals surface area contributed by atoms with Crippen molar-refractivity contribution in [1.82, 2.24) is 5.32 Å². The molecule has 0 aliphatic carbocycles. The van der Waals surface area contributed by atoms with Crippen LogP contribution in [0, 0.1) is 0 Å². The molecule has 0 amide bonds. The van der Waals surface area contributed by atoms with Crippen LogP contribution in [0.4, 0.5) is 0 Å². The lowest BCUT2D eigenvalue weighted by Crippen LogP contribution is -2.12. The lowest BCUT2D eigenvalue weighted by molar-refractivity contribution is 0.843. The van der Waals surface area contributed by atoms with E-state index < -0.39 is 0 Å². The second-order valence-corrected chi connectivity index (χ2v) is 1.52. The molecule has 0 atom stereocenters. The third kappa shape index (κ3) is 11.3. The molecule has 0 saturated carbocycles. The average molecular weight is 148 g/mol. The molecule has 0 saturated heterocycles. The fourth-order valence-corrected chi connectivity index (χ4v) is 0.387. The second-order valence-electron chi connectivity index (χ2n) is 1.52. The highest BCUT2D eigenvalue weighted by Crippen LogP contribution is 1.66. The molecule has 0 aliphatic rings. The molecule has 0 aromatic rings. The Labute approximate surface area is 63.3 Å². The summed E-state index contributed by atoms with van der Waals surface area (Å²) in [5, 5.41) is 3.13. The van der Waals surface area contributed by atoms with Gasteiger partial charge in [0.2, 0.25) is 0 Å². The molecule has 0 fully saturated rings. The van der Waals surface area contributed by atoms with E-state index in [9.17, 15) is 0 Å². The molecule has 0 spiro atoms. The number of rotatable bonds is 4. The van der Waals surface area contributed by atoms with Crippen LogP contribution in [-0.2, 0) is 0 Å². The minimum atomic E-state index is 0. The standard InChI is InChI=1S/C7H13N.ClH/c1-3-5-7-8-6-4-2;/h3-5,8H,2,6-7H2,1H3;1H. The first-order valence-corrected chi connectivity index (χ1v) is 2.84. The molecule has 0 radical (unpaired) electrons. The molecule has 0 aliphatic heterocycles.